The van der Waals surface area contributed by atoms with Crippen molar-refractivity contribution in [2.45, 2.75) is 38.3 Å². The summed E-state index contributed by atoms with van der Waals surface area (Å²) in [5.74, 6) is 0.312. The first-order valence-electron chi connectivity index (χ1n) is 9.04. The lowest BCUT2D eigenvalue weighted by Gasteiger charge is -2.24. The third-order valence-electron chi connectivity index (χ3n) is 4.14. The zero-order chi connectivity index (χ0) is 21.0. The number of benzene rings is 2. The molecule has 0 aliphatic carbocycles. The Hall–Kier alpha value is -3.04. The van der Waals surface area contributed by atoms with Gasteiger partial charge in [0.1, 0.15) is 0 Å². The highest BCUT2D eigenvalue weighted by Gasteiger charge is 2.29. The Morgan fingerprint density at radius 2 is 1.72 bits per heavy atom. The normalized spacial score (nSPS) is 11.8. The van der Waals surface area contributed by atoms with Crippen LogP contribution in [0.5, 0.6) is 0 Å². The van der Waals surface area contributed by atoms with E-state index in [-0.39, 0.29) is 29.3 Å². The third-order valence-corrected chi connectivity index (χ3v) is 6.17. The van der Waals surface area contributed by atoms with Gasteiger partial charge in [-0.3, -0.25) is 4.79 Å². The summed E-state index contributed by atoms with van der Waals surface area (Å²) in [6, 6.07) is 14.9. The Morgan fingerprint density at radius 1 is 1.07 bits per heavy atom. The van der Waals surface area contributed by atoms with Crippen LogP contribution in [0, 0.1) is 0 Å². The second-order valence-corrected chi connectivity index (χ2v) is 8.61. The number of rotatable bonds is 7. The van der Waals surface area contributed by atoms with Crippen LogP contribution in [0.2, 0.25) is 0 Å². The van der Waals surface area contributed by atoms with Gasteiger partial charge in [0.2, 0.25) is 27.7 Å². The lowest BCUT2D eigenvalue weighted by molar-refractivity contribution is -0.114. The average molecular weight is 414 g/mol. The lowest BCUT2D eigenvalue weighted by atomic mass is 10.2. The molecule has 1 N–H and O–H groups in total. The number of amides is 1. The number of nitrogens with one attached hydrogen (secondary N) is 1. The van der Waals surface area contributed by atoms with Crippen LogP contribution < -0.4 is 5.32 Å². The van der Waals surface area contributed by atoms with Crippen molar-refractivity contribution in [2.24, 2.45) is 0 Å². The highest BCUT2D eigenvalue weighted by molar-refractivity contribution is 7.89. The molecule has 0 fully saturated rings. The van der Waals surface area contributed by atoms with Crippen molar-refractivity contribution in [1.29, 1.82) is 0 Å². The number of carbonyl (C=O) groups is 1. The molecule has 1 aromatic heterocycles. The maximum Gasteiger partial charge on any atom is 0.247 e. The fourth-order valence-electron chi connectivity index (χ4n) is 2.74. The second kappa shape index (κ2) is 8.54. The summed E-state index contributed by atoms with van der Waals surface area (Å²) >= 11 is 0. The number of hydrogen-bond acceptors (Lipinski definition) is 6. The SMILES string of the molecule is CC(=O)Nc1ccc(S(=O)(=O)N(Cc2nnc(-c3ccccc3)o2)C(C)C)cc1. The fraction of sp³-hybridized carbons (Fsp3) is 0.250. The predicted molar refractivity (Wildman–Crippen MR) is 108 cm³/mol. The van der Waals surface area contributed by atoms with Crippen LogP contribution >= 0.6 is 0 Å². The molecule has 29 heavy (non-hydrogen) atoms. The molecule has 0 bridgehead atoms. The molecule has 0 saturated heterocycles. The van der Waals surface area contributed by atoms with E-state index < -0.39 is 10.0 Å². The minimum Gasteiger partial charge on any atom is -0.419 e. The molecule has 0 saturated carbocycles. The van der Waals surface area contributed by atoms with E-state index in [1.807, 2.05) is 30.3 Å². The Balaban J connectivity index is 1.84. The van der Waals surface area contributed by atoms with Crippen LogP contribution in [0.25, 0.3) is 11.5 Å². The first kappa shape index (κ1) is 20.7. The molecule has 0 radical (unpaired) electrons. The molecule has 0 unspecified atom stereocenters. The van der Waals surface area contributed by atoms with Gasteiger partial charge in [-0.2, -0.15) is 4.31 Å². The molecule has 0 aliphatic rings. The first-order chi connectivity index (χ1) is 13.8. The van der Waals surface area contributed by atoms with E-state index in [0.29, 0.717) is 11.6 Å². The number of sulfonamides is 1. The minimum atomic E-state index is -3.81. The fourth-order valence-corrected chi connectivity index (χ4v) is 4.33. The molecule has 1 heterocycles. The van der Waals surface area contributed by atoms with Crippen molar-refractivity contribution in [1.82, 2.24) is 14.5 Å². The van der Waals surface area contributed by atoms with Crippen molar-refractivity contribution in [3.8, 4) is 11.5 Å². The van der Waals surface area contributed by atoms with Gasteiger partial charge in [0.05, 0.1) is 11.4 Å². The van der Waals surface area contributed by atoms with Crippen molar-refractivity contribution >= 4 is 21.6 Å². The maximum atomic E-state index is 13.1. The molecule has 1 amide bonds. The topological polar surface area (TPSA) is 105 Å². The zero-order valence-corrected chi connectivity index (χ0v) is 17.2. The monoisotopic (exact) mass is 414 g/mol. The van der Waals surface area contributed by atoms with Crippen LogP contribution in [-0.4, -0.2) is 34.9 Å². The van der Waals surface area contributed by atoms with E-state index in [0.717, 1.165) is 5.56 Å². The van der Waals surface area contributed by atoms with Gasteiger partial charge in [-0.15, -0.1) is 10.2 Å². The molecule has 0 aliphatic heterocycles. The van der Waals surface area contributed by atoms with Crippen LogP contribution in [0.1, 0.15) is 26.7 Å². The Kier molecular flexibility index (Phi) is 6.09. The maximum absolute atomic E-state index is 13.1. The Labute approximate surface area is 169 Å². The van der Waals surface area contributed by atoms with Gasteiger partial charge in [-0.25, -0.2) is 8.42 Å². The average Bonchev–Trinajstić information content (AvgIpc) is 3.15. The van der Waals surface area contributed by atoms with E-state index in [9.17, 15) is 13.2 Å². The number of aromatic nitrogens is 2. The summed E-state index contributed by atoms with van der Waals surface area (Å²) < 4.78 is 33.2. The smallest absolute Gasteiger partial charge is 0.247 e. The van der Waals surface area contributed by atoms with Crippen molar-refractivity contribution in [2.75, 3.05) is 5.32 Å². The highest BCUT2D eigenvalue weighted by atomic mass is 32.2. The molecular weight excluding hydrogens is 392 g/mol. The predicted octanol–water partition coefficient (Wildman–Crippen LogP) is 3.29. The van der Waals surface area contributed by atoms with E-state index >= 15 is 0 Å². The summed E-state index contributed by atoms with van der Waals surface area (Å²) in [5, 5.41) is 10.6. The molecule has 0 spiro atoms. The largest absolute Gasteiger partial charge is 0.419 e. The van der Waals surface area contributed by atoms with Gasteiger partial charge < -0.3 is 9.73 Å². The van der Waals surface area contributed by atoms with Crippen LogP contribution in [0.15, 0.2) is 63.9 Å². The van der Waals surface area contributed by atoms with Crippen molar-refractivity contribution in [3.05, 3.63) is 60.5 Å². The number of carbonyl (C=O) groups excluding carboxylic acids is 1. The van der Waals surface area contributed by atoms with Crippen LogP contribution in [-0.2, 0) is 21.4 Å². The summed E-state index contributed by atoms with van der Waals surface area (Å²) in [6.07, 6.45) is 0. The summed E-state index contributed by atoms with van der Waals surface area (Å²) in [7, 11) is -3.81. The molecule has 2 aromatic carbocycles. The Bertz CT molecular complexity index is 1080. The summed E-state index contributed by atoms with van der Waals surface area (Å²) in [4.78, 5) is 11.3. The Morgan fingerprint density at radius 3 is 2.31 bits per heavy atom. The summed E-state index contributed by atoms with van der Waals surface area (Å²) in [5.41, 5.74) is 1.29. The second-order valence-electron chi connectivity index (χ2n) is 6.72. The van der Waals surface area contributed by atoms with E-state index in [4.69, 9.17) is 4.42 Å². The number of nitrogens with zero attached hydrogens (tertiary/aromatic N) is 3. The first-order valence-corrected chi connectivity index (χ1v) is 10.5. The molecule has 8 nitrogen and oxygen atoms in total. The van der Waals surface area contributed by atoms with E-state index in [1.165, 1.54) is 23.4 Å². The van der Waals surface area contributed by atoms with Gasteiger partial charge >= 0.3 is 0 Å². The van der Waals surface area contributed by atoms with Gasteiger partial charge in [-0.05, 0) is 50.2 Å². The number of anilines is 1. The third kappa shape index (κ3) is 4.87. The molecule has 9 heteroatoms. The van der Waals surface area contributed by atoms with Crippen LogP contribution in [0.3, 0.4) is 0 Å². The van der Waals surface area contributed by atoms with E-state index in [2.05, 4.69) is 15.5 Å². The molecular formula is C20H22N4O4S. The van der Waals surface area contributed by atoms with Gasteiger partial charge in [0, 0.05) is 24.2 Å². The van der Waals surface area contributed by atoms with Gasteiger partial charge in [0.25, 0.3) is 0 Å². The minimum absolute atomic E-state index is 0.0483. The van der Waals surface area contributed by atoms with Crippen LogP contribution in [0.4, 0.5) is 5.69 Å². The number of hydrogen-bond donors (Lipinski definition) is 1. The summed E-state index contributed by atoms with van der Waals surface area (Å²) in [6.45, 7) is 4.89. The van der Waals surface area contributed by atoms with Crippen molar-refractivity contribution < 1.29 is 17.6 Å². The molecule has 0 atom stereocenters. The van der Waals surface area contributed by atoms with Crippen molar-refractivity contribution in [3.63, 3.8) is 0 Å². The lowest BCUT2D eigenvalue weighted by Crippen LogP contribution is -2.36. The molecule has 152 valence electrons. The quantitative estimate of drug-likeness (QED) is 0.636. The highest BCUT2D eigenvalue weighted by Crippen LogP contribution is 2.24. The standard InChI is InChI=1S/C20H22N4O4S/c1-14(2)24(13-19-22-23-20(28-19)16-7-5-4-6-8-16)29(26,27)18-11-9-17(10-12-18)21-15(3)25/h4-12,14H,13H2,1-3H3,(H,21,25). The molecule has 3 aromatic rings. The van der Waals surface area contributed by atoms with Gasteiger partial charge in [0.15, 0.2) is 0 Å². The zero-order valence-electron chi connectivity index (χ0n) is 16.4. The van der Waals surface area contributed by atoms with E-state index in [1.54, 1.807) is 26.0 Å². The van der Waals surface area contributed by atoms with Gasteiger partial charge in [-0.1, -0.05) is 18.2 Å². The molecule has 3 rings (SSSR count).